The van der Waals surface area contributed by atoms with Gasteiger partial charge in [0, 0.05) is 23.0 Å². The molecular weight excluding hydrogens is 278 g/mol. The maximum atomic E-state index is 12.0. The van der Waals surface area contributed by atoms with E-state index in [0.717, 1.165) is 36.1 Å². The van der Waals surface area contributed by atoms with Gasteiger partial charge in [0.15, 0.2) is 5.78 Å². The number of nitrogens with zero attached hydrogens (tertiary/aromatic N) is 1. The smallest absolute Gasteiger partial charge is 0.164 e. The second-order valence-corrected chi connectivity index (χ2v) is 5.03. The molecule has 0 aliphatic rings. The van der Waals surface area contributed by atoms with E-state index in [1.807, 2.05) is 24.3 Å². The Kier molecular flexibility index (Phi) is 6.45. The van der Waals surface area contributed by atoms with Crippen LogP contribution in [0.2, 0.25) is 0 Å². The Bertz CT molecular complexity index is 365. The lowest BCUT2D eigenvalue weighted by molar-refractivity contribution is 0.0965. The van der Waals surface area contributed by atoms with Gasteiger partial charge in [-0.05, 0) is 31.6 Å². The average Bonchev–Trinajstić information content (AvgIpc) is 2.34. The van der Waals surface area contributed by atoms with E-state index < -0.39 is 0 Å². The lowest BCUT2D eigenvalue weighted by atomic mass is 10.1. The number of carbonyl (C=O) groups excluding carboxylic acids is 1. The first-order valence-corrected chi connectivity index (χ1v) is 6.97. The second kappa shape index (κ2) is 7.62. The topological polar surface area (TPSA) is 20.3 Å². The van der Waals surface area contributed by atoms with E-state index in [0.29, 0.717) is 6.42 Å². The molecule has 0 aliphatic heterocycles. The lowest BCUT2D eigenvalue weighted by Crippen LogP contribution is -2.26. The molecule has 1 aromatic rings. The van der Waals surface area contributed by atoms with Crippen molar-refractivity contribution in [1.82, 2.24) is 4.90 Å². The molecule has 17 heavy (non-hydrogen) atoms. The van der Waals surface area contributed by atoms with Gasteiger partial charge >= 0.3 is 0 Å². The molecule has 0 spiro atoms. The summed E-state index contributed by atoms with van der Waals surface area (Å²) in [6.45, 7) is 7.25. The number of hydrogen-bond donors (Lipinski definition) is 0. The number of benzene rings is 1. The van der Waals surface area contributed by atoms with Gasteiger partial charge in [0.05, 0.1) is 0 Å². The minimum Gasteiger partial charge on any atom is -0.303 e. The normalized spacial score (nSPS) is 10.8. The first kappa shape index (κ1) is 14.4. The predicted octanol–water partition coefficient (Wildman–Crippen LogP) is 3.75. The Hall–Kier alpha value is -0.670. The summed E-state index contributed by atoms with van der Waals surface area (Å²) >= 11 is 3.39. The molecular formula is C14H20BrNO. The van der Waals surface area contributed by atoms with Gasteiger partial charge in [-0.1, -0.05) is 41.9 Å². The van der Waals surface area contributed by atoms with Crippen LogP contribution in [0.3, 0.4) is 0 Å². The number of Topliss-reactive ketones (excluding diaryl/α,β-unsaturated/α-hetero) is 1. The molecule has 0 fully saturated rings. The van der Waals surface area contributed by atoms with Crippen LogP contribution in [-0.2, 0) is 0 Å². The summed E-state index contributed by atoms with van der Waals surface area (Å²) in [6, 6.07) is 7.61. The zero-order valence-electron chi connectivity index (χ0n) is 10.6. The number of rotatable bonds is 7. The number of ketones is 1. The summed E-state index contributed by atoms with van der Waals surface area (Å²) in [5.41, 5.74) is 0.798. The van der Waals surface area contributed by atoms with Crippen LogP contribution in [0.25, 0.3) is 0 Å². The van der Waals surface area contributed by atoms with Crippen molar-refractivity contribution >= 4 is 21.7 Å². The summed E-state index contributed by atoms with van der Waals surface area (Å²) in [5.74, 6) is 0.223. The van der Waals surface area contributed by atoms with Crippen LogP contribution in [-0.4, -0.2) is 30.3 Å². The SMILES string of the molecule is CCCN(CC)CCC(=O)c1cccc(Br)c1. The third-order valence-electron chi connectivity index (χ3n) is 2.79. The Morgan fingerprint density at radius 2 is 2.06 bits per heavy atom. The van der Waals surface area contributed by atoms with Gasteiger partial charge < -0.3 is 4.90 Å². The Labute approximate surface area is 112 Å². The largest absolute Gasteiger partial charge is 0.303 e. The van der Waals surface area contributed by atoms with Crippen LogP contribution in [0.1, 0.15) is 37.0 Å². The summed E-state index contributed by atoms with van der Waals surface area (Å²) < 4.78 is 0.962. The maximum absolute atomic E-state index is 12.0. The maximum Gasteiger partial charge on any atom is 0.164 e. The zero-order valence-corrected chi connectivity index (χ0v) is 12.2. The highest BCUT2D eigenvalue weighted by molar-refractivity contribution is 9.10. The van der Waals surface area contributed by atoms with Crippen LogP contribution in [0.15, 0.2) is 28.7 Å². The summed E-state index contributed by atoms with van der Waals surface area (Å²) in [5, 5.41) is 0. The van der Waals surface area contributed by atoms with Gasteiger partial charge in [-0.3, -0.25) is 4.79 Å². The highest BCUT2D eigenvalue weighted by Gasteiger charge is 2.08. The van der Waals surface area contributed by atoms with Crippen molar-refractivity contribution in [3.05, 3.63) is 34.3 Å². The molecule has 0 radical (unpaired) electrons. The van der Waals surface area contributed by atoms with Crippen molar-refractivity contribution < 1.29 is 4.79 Å². The van der Waals surface area contributed by atoms with E-state index in [2.05, 4.69) is 34.7 Å². The molecule has 0 atom stereocenters. The van der Waals surface area contributed by atoms with Crippen LogP contribution in [0.4, 0.5) is 0 Å². The zero-order chi connectivity index (χ0) is 12.7. The van der Waals surface area contributed by atoms with E-state index in [1.165, 1.54) is 0 Å². The van der Waals surface area contributed by atoms with Crippen molar-refractivity contribution in [1.29, 1.82) is 0 Å². The van der Waals surface area contributed by atoms with Gasteiger partial charge in [-0.2, -0.15) is 0 Å². The molecule has 0 bridgehead atoms. The molecule has 0 heterocycles. The highest BCUT2D eigenvalue weighted by Crippen LogP contribution is 2.13. The molecule has 0 aliphatic carbocycles. The first-order valence-electron chi connectivity index (χ1n) is 6.18. The van der Waals surface area contributed by atoms with E-state index in [-0.39, 0.29) is 5.78 Å². The molecule has 0 aromatic heterocycles. The average molecular weight is 298 g/mol. The van der Waals surface area contributed by atoms with E-state index in [9.17, 15) is 4.79 Å². The second-order valence-electron chi connectivity index (χ2n) is 4.12. The predicted molar refractivity (Wildman–Crippen MR) is 75.5 cm³/mol. The van der Waals surface area contributed by atoms with E-state index >= 15 is 0 Å². The minimum atomic E-state index is 0.223. The van der Waals surface area contributed by atoms with Crippen LogP contribution < -0.4 is 0 Å². The molecule has 0 saturated carbocycles. The van der Waals surface area contributed by atoms with Crippen molar-refractivity contribution in [3.8, 4) is 0 Å². The van der Waals surface area contributed by atoms with Crippen molar-refractivity contribution in [2.75, 3.05) is 19.6 Å². The van der Waals surface area contributed by atoms with Gasteiger partial charge in [0.2, 0.25) is 0 Å². The summed E-state index contributed by atoms with van der Waals surface area (Å²) in [7, 11) is 0. The van der Waals surface area contributed by atoms with E-state index in [1.54, 1.807) is 0 Å². The third kappa shape index (κ3) is 5.00. The fraction of sp³-hybridized carbons (Fsp3) is 0.500. The fourth-order valence-corrected chi connectivity index (χ4v) is 2.21. The van der Waals surface area contributed by atoms with Crippen LogP contribution >= 0.6 is 15.9 Å². The number of hydrogen-bond acceptors (Lipinski definition) is 2. The molecule has 2 nitrogen and oxygen atoms in total. The van der Waals surface area contributed by atoms with Gasteiger partial charge in [-0.15, -0.1) is 0 Å². The molecule has 1 rings (SSSR count). The minimum absolute atomic E-state index is 0.223. The molecule has 3 heteroatoms. The Morgan fingerprint density at radius 3 is 2.65 bits per heavy atom. The molecule has 0 saturated heterocycles. The standard InChI is InChI=1S/C14H20BrNO/c1-3-9-16(4-2)10-8-14(17)12-6-5-7-13(15)11-12/h5-7,11H,3-4,8-10H2,1-2H3. The van der Waals surface area contributed by atoms with Crippen molar-refractivity contribution in [3.63, 3.8) is 0 Å². The summed E-state index contributed by atoms with van der Waals surface area (Å²) in [4.78, 5) is 14.3. The Balaban J connectivity index is 2.49. The van der Waals surface area contributed by atoms with Gasteiger partial charge in [0.1, 0.15) is 0 Å². The fourth-order valence-electron chi connectivity index (χ4n) is 1.81. The van der Waals surface area contributed by atoms with Gasteiger partial charge in [0.25, 0.3) is 0 Å². The first-order chi connectivity index (χ1) is 8.17. The van der Waals surface area contributed by atoms with E-state index in [4.69, 9.17) is 0 Å². The van der Waals surface area contributed by atoms with Crippen LogP contribution in [0.5, 0.6) is 0 Å². The number of halogens is 1. The molecule has 1 aromatic carbocycles. The monoisotopic (exact) mass is 297 g/mol. The third-order valence-corrected chi connectivity index (χ3v) is 3.28. The van der Waals surface area contributed by atoms with Gasteiger partial charge in [-0.25, -0.2) is 0 Å². The van der Waals surface area contributed by atoms with Crippen molar-refractivity contribution in [2.24, 2.45) is 0 Å². The van der Waals surface area contributed by atoms with Crippen LogP contribution in [0, 0.1) is 0 Å². The quantitative estimate of drug-likeness (QED) is 0.714. The number of carbonyl (C=O) groups is 1. The highest BCUT2D eigenvalue weighted by atomic mass is 79.9. The van der Waals surface area contributed by atoms with Crippen molar-refractivity contribution in [2.45, 2.75) is 26.7 Å². The Morgan fingerprint density at radius 1 is 1.29 bits per heavy atom. The summed E-state index contributed by atoms with van der Waals surface area (Å²) in [6.07, 6.45) is 1.74. The molecule has 0 N–H and O–H groups in total. The molecule has 0 unspecified atom stereocenters. The molecule has 0 amide bonds. The lowest BCUT2D eigenvalue weighted by Gasteiger charge is -2.18. The molecule has 94 valence electrons.